The maximum Gasteiger partial charge on any atom is 0.294 e. The molecule has 4 aromatic rings. The van der Waals surface area contributed by atoms with Crippen molar-refractivity contribution in [1.82, 2.24) is 14.6 Å². The largest absolute Gasteiger partial charge is 0.493 e. The molecule has 1 aromatic carbocycles. The molecule has 0 aliphatic rings. The zero-order valence-electron chi connectivity index (χ0n) is 11.4. The number of aromatic nitrogens is 3. The molecule has 106 valence electrons. The molecule has 0 unspecified atom stereocenters. The molecule has 0 radical (unpaired) electrons. The maximum atomic E-state index is 5.88. The van der Waals surface area contributed by atoms with Gasteiger partial charge in [0.2, 0.25) is 4.96 Å². The molecule has 4 rings (SSSR count). The van der Waals surface area contributed by atoms with Crippen LogP contribution in [0.1, 0.15) is 0 Å². The fraction of sp³-hybridized carbons (Fsp3) is 0.143. The highest BCUT2D eigenvalue weighted by atomic mass is 32.1. The lowest BCUT2D eigenvalue weighted by Crippen LogP contribution is -1.84. The molecule has 0 saturated carbocycles. The number of hydrogen-bond donors (Lipinski definition) is 0. The van der Waals surface area contributed by atoms with Crippen LogP contribution in [0.5, 0.6) is 10.9 Å². The summed E-state index contributed by atoms with van der Waals surface area (Å²) in [6.07, 6.45) is 1.82. The molecule has 3 aromatic heterocycles. The molecular formula is C14H11N3O3S. The van der Waals surface area contributed by atoms with Gasteiger partial charge in [-0.25, -0.2) is 9.50 Å². The lowest BCUT2D eigenvalue weighted by molar-refractivity contribution is 0.405. The Morgan fingerprint density at radius 2 is 2.14 bits per heavy atom. The van der Waals surface area contributed by atoms with Gasteiger partial charge in [0.05, 0.1) is 20.4 Å². The van der Waals surface area contributed by atoms with Crippen molar-refractivity contribution in [2.45, 2.75) is 0 Å². The molecule has 21 heavy (non-hydrogen) atoms. The van der Waals surface area contributed by atoms with Gasteiger partial charge in [-0.05, 0) is 23.5 Å². The van der Waals surface area contributed by atoms with E-state index >= 15 is 0 Å². The Morgan fingerprint density at radius 3 is 2.90 bits per heavy atom. The van der Waals surface area contributed by atoms with E-state index in [4.69, 9.17) is 13.9 Å². The average molecular weight is 301 g/mol. The van der Waals surface area contributed by atoms with Crippen LogP contribution in [0.3, 0.4) is 0 Å². The second kappa shape index (κ2) is 4.49. The molecule has 0 fully saturated rings. The minimum Gasteiger partial charge on any atom is -0.493 e. The van der Waals surface area contributed by atoms with E-state index in [1.807, 2.05) is 30.5 Å². The molecule has 6 nitrogen and oxygen atoms in total. The number of para-hydroxylation sites is 1. The summed E-state index contributed by atoms with van der Waals surface area (Å²) < 4.78 is 18.0. The van der Waals surface area contributed by atoms with Crippen LogP contribution in [-0.2, 0) is 0 Å². The van der Waals surface area contributed by atoms with E-state index in [1.54, 1.807) is 18.7 Å². The van der Waals surface area contributed by atoms with Gasteiger partial charge in [0.1, 0.15) is 5.69 Å². The monoisotopic (exact) mass is 301 g/mol. The molecule has 0 amide bonds. The molecule has 0 saturated heterocycles. The van der Waals surface area contributed by atoms with E-state index in [0.717, 1.165) is 21.6 Å². The first-order valence-corrected chi connectivity index (χ1v) is 7.07. The number of benzene rings is 1. The van der Waals surface area contributed by atoms with Gasteiger partial charge in [0, 0.05) is 5.39 Å². The number of furan rings is 1. The van der Waals surface area contributed by atoms with Crippen molar-refractivity contribution < 1.29 is 13.9 Å². The van der Waals surface area contributed by atoms with Crippen LogP contribution in [0, 0.1) is 0 Å². The van der Waals surface area contributed by atoms with Crippen LogP contribution < -0.4 is 9.47 Å². The van der Waals surface area contributed by atoms with Crippen LogP contribution in [-0.4, -0.2) is 28.8 Å². The van der Waals surface area contributed by atoms with Gasteiger partial charge in [0.15, 0.2) is 17.1 Å². The number of hydrogen-bond acceptors (Lipinski definition) is 6. The summed E-state index contributed by atoms with van der Waals surface area (Å²) in [6, 6.07) is 7.72. The van der Waals surface area contributed by atoms with Crippen LogP contribution in [0.25, 0.3) is 27.4 Å². The topological polar surface area (TPSA) is 61.8 Å². The van der Waals surface area contributed by atoms with Crippen molar-refractivity contribution in [2.75, 3.05) is 14.2 Å². The summed E-state index contributed by atoms with van der Waals surface area (Å²) in [6.45, 7) is 0. The summed E-state index contributed by atoms with van der Waals surface area (Å²) in [7, 11) is 3.21. The minimum absolute atomic E-state index is 0.579. The fourth-order valence-corrected chi connectivity index (χ4v) is 2.91. The molecule has 3 heterocycles. The SMILES string of the molecule is COc1nn2cc(-c3cc4cccc(OC)c4o3)nc2s1. The maximum absolute atomic E-state index is 5.88. The molecule has 0 spiro atoms. The molecule has 0 bridgehead atoms. The summed E-state index contributed by atoms with van der Waals surface area (Å²) in [5.74, 6) is 1.39. The van der Waals surface area contributed by atoms with Crippen molar-refractivity contribution in [3.8, 4) is 22.4 Å². The van der Waals surface area contributed by atoms with Crippen molar-refractivity contribution in [3.63, 3.8) is 0 Å². The number of fused-ring (bicyclic) bond motifs is 2. The van der Waals surface area contributed by atoms with Gasteiger partial charge < -0.3 is 13.9 Å². The Hall–Kier alpha value is -2.54. The summed E-state index contributed by atoms with van der Waals surface area (Å²) >= 11 is 1.38. The second-order valence-electron chi connectivity index (χ2n) is 4.41. The zero-order chi connectivity index (χ0) is 14.4. The molecule has 7 heteroatoms. The first-order chi connectivity index (χ1) is 10.3. The summed E-state index contributed by atoms with van der Waals surface area (Å²) in [5.41, 5.74) is 1.45. The smallest absolute Gasteiger partial charge is 0.294 e. The normalized spacial score (nSPS) is 11.3. The van der Waals surface area contributed by atoms with Crippen LogP contribution in [0.15, 0.2) is 34.9 Å². The molecule has 0 N–H and O–H groups in total. The van der Waals surface area contributed by atoms with E-state index in [9.17, 15) is 0 Å². The van der Waals surface area contributed by atoms with Crippen molar-refractivity contribution in [3.05, 3.63) is 30.5 Å². The van der Waals surface area contributed by atoms with Crippen LogP contribution in [0.2, 0.25) is 0 Å². The second-order valence-corrected chi connectivity index (χ2v) is 5.33. The molecule has 0 aliphatic heterocycles. The Labute approximate surface area is 123 Å². The minimum atomic E-state index is 0.579. The molecular weight excluding hydrogens is 290 g/mol. The predicted molar refractivity (Wildman–Crippen MR) is 79.2 cm³/mol. The van der Waals surface area contributed by atoms with E-state index in [0.29, 0.717) is 16.7 Å². The van der Waals surface area contributed by atoms with E-state index in [2.05, 4.69) is 10.1 Å². The van der Waals surface area contributed by atoms with Crippen molar-refractivity contribution >= 4 is 27.3 Å². The Kier molecular flexibility index (Phi) is 2.61. The third-order valence-electron chi connectivity index (χ3n) is 3.18. The highest BCUT2D eigenvalue weighted by Crippen LogP contribution is 2.33. The zero-order valence-corrected chi connectivity index (χ0v) is 12.2. The van der Waals surface area contributed by atoms with Crippen LogP contribution in [0.4, 0.5) is 0 Å². The average Bonchev–Trinajstić information content (AvgIpc) is 3.17. The first-order valence-electron chi connectivity index (χ1n) is 6.25. The number of rotatable bonds is 3. The van der Waals surface area contributed by atoms with Crippen molar-refractivity contribution in [1.29, 1.82) is 0 Å². The van der Waals surface area contributed by atoms with Crippen LogP contribution >= 0.6 is 11.3 Å². The van der Waals surface area contributed by atoms with E-state index in [1.165, 1.54) is 11.3 Å². The number of ether oxygens (including phenoxy) is 2. The van der Waals surface area contributed by atoms with Gasteiger partial charge in [-0.15, -0.1) is 5.10 Å². The highest BCUT2D eigenvalue weighted by Gasteiger charge is 2.15. The summed E-state index contributed by atoms with van der Waals surface area (Å²) in [5, 5.41) is 5.81. The van der Waals surface area contributed by atoms with Gasteiger partial charge in [-0.3, -0.25) is 0 Å². The third kappa shape index (κ3) is 1.85. The number of nitrogens with zero attached hydrogens (tertiary/aromatic N) is 3. The van der Waals surface area contributed by atoms with Gasteiger partial charge in [0.25, 0.3) is 5.19 Å². The van der Waals surface area contributed by atoms with E-state index in [-0.39, 0.29) is 0 Å². The van der Waals surface area contributed by atoms with Gasteiger partial charge in [-0.1, -0.05) is 12.1 Å². The first kappa shape index (κ1) is 12.2. The fourth-order valence-electron chi connectivity index (χ4n) is 2.21. The van der Waals surface area contributed by atoms with Gasteiger partial charge >= 0.3 is 0 Å². The van der Waals surface area contributed by atoms with Crippen molar-refractivity contribution in [2.24, 2.45) is 0 Å². The Bertz CT molecular complexity index is 906. The Balaban J connectivity index is 1.85. The standard InChI is InChI=1S/C14H11N3O3S/c1-18-10-5-3-4-8-6-11(20-12(8)10)9-7-17-13(15-9)21-14(16-17)19-2/h3-7H,1-2H3. The highest BCUT2D eigenvalue weighted by molar-refractivity contribution is 7.18. The lowest BCUT2D eigenvalue weighted by atomic mass is 10.2. The Morgan fingerprint density at radius 1 is 1.24 bits per heavy atom. The van der Waals surface area contributed by atoms with E-state index < -0.39 is 0 Å². The molecule has 0 atom stereocenters. The van der Waals surface area contributed by atoms with Gasteiger partial charge in [-0.2, -0.15) is 0 Å². The third-order valence-corrected chi connectivity index (χ3v) is 4.06. The number of methoxy groups -OCH3 is 2. The quantitative estimate of drug-likeness (QED) is 0.581. The number of imidazole rings is 1. The summed E-state index contributed by atoms with van der Waals surface area (Å²) in [4.78, 5) is 5.27. The lowest BCUT2D eigenvalue weighted by Gasteiger charge is -1.98. The predicted octanol–water partition coefficient (Wildman–Crippen LogP) is 3.22. The molecule has 0 aliphatic carbocycles.